The number of aromatic nitrogens is 2. The maximum absolute atomic E-state index is 10.8. The van der Waals surface area contributed by atoms with E-state index in [0.29, 0.717) is 5.69 Å². The van der Waals surface area contributed by atoms with Crippen LogP contribution in [-0.2, 0) is 0 Å². The van der Waals surface area contributed by atoms with Crippen molar-refractivity contribution in [3.8, 4) is 11.3 Å². The Labute approximate surface area is 99.0 Å². The summed E-state index contributed by atoms with van der Waals surface area (Å²) in [5.41, 5.74) is 3.88. The highest BCUT2D eigenvalue weighted by atomic mass is 16.4. The second-order valence-corrected chi connectivity index (χ2v) is 3.89. The van der Waals surface area contributed by atoms with E-state index < -0.39 is 5.97 Å². The predicted octanol–water partition coefficient (Wildman–Crippen LogP) is 2.46. The highest BCUT2D eigenvalue weighted by molar-refractivity contribution is 5.86. The number of aromatic carboxylic acids is 1. The van der Waals surface area contributed by atoms with Crippen LogP contribution >= 0.6 is 0 Å². The summed E-state index contributed by atoms with van der Waals surface area (Å²) < 4.78 is 0. The lowest BCUT2D eigenvalue weighted by Gasteiger charge is -2.05. The summed E-state index contributed by atoms with van der Waals surface area (Å²) in [6, 6.07) is 7.39. The SMILES string of the molecule is Cc1ccc(-c2cc(C(=O)O)ncn2)cc1C. The molecule has 2 rings (SSSR count). The van der Waals surface area contributed by atoms with Gasteiger partial charge in [-0.15, -0.1) is 0 Å². The third-order valence-corrected chi connectivity index (χ3v) is 2.69. The van der Waals surface area contributed by atoms with E-state index in [9.17, 15) is 4.79 Å². The summed E-state index contributed by atoms with van der Waals surface area (Å²) >= 11 is 0. The number of carboxylic acid groups (broad SMARTS) is 1. The van der Waals surface area contributed by atoms with Crippen molar-refractivity contribution in [3.05, 3.63) is 47.4 Å². The van der Waals surface area contributed by atoms with Crippen LogP contribution in [0.4, 0.5) is 0 Å². The average Bonchev–Trinajstić information content (AvgIpc) is 2.33. The smallest absolute Gasteiger partial charge is 0.354 e. The monoisotopic (exact) mass is 228 g/mol. The minimum Gasteiger partial charge on any atom is -0.477 e. The number of aryl methyl sites for hydroxylation is 2. The first-order chi connectivity index (χ1) is 8.08. The van der Waals surface area contributed by atoms with Gasteiger partial charge in [-0.25, -0.2) is 14.8 Å². The highest BCUT2D eigenvalue weighted by Gasteiger charge is 2.07. The first-order valence-electron chi connectivity index (χ1n) is 5.21. The van der Waals surface area contributed by atoms with Gasteiger partial charge in [0.15, 0.2) is 5.69 Å². The second kappa shape index (κ2) is 4.33. The second-order valence-electron chi connectivity index (χ2n) is 3.89. The van der Waals surface area contributed by atoms with E-state index in [1.54, 1.807) is 0 Å². The Hall–Kier alpha value is -2.23. The van der Waals surface area contributed by atoms with E-state index in [1.807, 2.05) is 32.0 Å². The molecule has 0 aliphatic carbocycles. The lowest BCUT2D eigenvalue weighted by molar-refractivity contribution is 0.0690. The van der Waals surface area contributed by atoms with E-state index in [2.05, 4.69) is 9.97 Å². The van der Waals surface area contributed by atoms with Gasteiger partial charge in [-0.05, 0) is 37.1 Å². The van der Waals surface area contributed by atoms with E-state index in [0.717, 1.165) is 11.1 Å². The minimum absolute atomic E-state index is 0.00762. The summed E-state index contributed by atoms with van der Waals surface area (Å²) in [4.78, 5) is 18.6. The number of nitrogens with zero attached hydrogens (tertiary/aromatic N) is 2. The fourth-order valence-electron chi connectivity index (χ4n) is 1.53. The van der Waals surface area contributed by atoms with Crippen LogP contribution in [0.5, 0.6) is 0 Å². The zero-order valence-electron chi connectivity index (χ0n) is 9.64. The molecule has 2 aromatic rings. The Kier molecular flexibility index (Phi) is 2.87. The van der Waals surface area contributed by atoms with Gasteiger partial charge in [0.05, 0.1) is 5.69 Å². The molecule has 0 saturated carbocycles. The normalized spacial score (nSPS) is 10.2. The van der Waals surface area contributed by atoms with E-state index >= 15 is 0 Å². The third-order valence-electron chi connectivity index (χ3n) is 2.69. The van der Waals surface area contributed by atoms with Gasteiger partial charge in [-0.3, -0.25) is 0 Å². The maximum atomic E-state index is 10.8. The molecule has 1 heterocycles. The van der Waals surface area contributed by atoms with Crippen molar-refractivity contribution in [1.82, 2.24) is 9.97 Å². The minimum atomic E-state index is -1.04. The lowest BCUT2D eigenvalue weighted by Crippen LogP contribution is -2.01. The molecule has 0 spiro atoms. The van der Waals surface area contributed by atoms with Gasteiger partial charge in [-0.2, -0.15) is 0 Å². The molecule has 1 N–H and O–H groups in total. The zero-order chi connectivity index (χ0) is 12.4. The molecule has 4 heteroatoms. The number of benzene rings is 1. The Morgan fingerprint density at radius 2 is 1.88 bits per heavy atom. The van der Waals surface area contributed by atoms with Crippen molar-refractivity contribution in [3.63, 3.8) is 0 Å². The zero-order valence-corrected chi connectivity index (χ0v) is 9.64. The molecule has 0 amide bonds. The molecule has 0 unspecified atom stereocenters. The molecule has 17 heavy (non-hydrogen) atoms. The maximum Gasteiger partial charge on any atom is 0.354 e. The molecule has 0 bridgehead atoms. The number of hydrogen-bond donors (Lipinski definition) is 1. The molecule has 0 saturated heterocycles. The average molecular weight is 228 g/mol. The molecular formula is C13H12N2O2. The van der Waals surface area contributed by atoms with Crippen molar-refractivity contribution in [1.29, 1.82) is 0 Å². The molecule has 86 valence electrons. The van der Waals surface area contributed by atoms with Crippen LogP contribution in [0.1, 0.15) is 21.6 Å². The fraction of sp³-hybridized carbons (Fsp3) is 0.154. The first kappa shape index (κ1) is 11.3. The number of carbonyl (C=O) groups is 1. The first-order valence-corrected chi connectivity index (χ1v) is 5.21. The molecular weight excluding hydrogens is 216 g/mol. The number of carboxylic acids is 1. The van der Waals surface area contributed by atoms with E-state index in [1.165, 1.54) is 18.0 Å². The molecule has 4 nitrogen and oxygen atoms in total. The van der Waals surface area contributed by atoms with Crippen molar-refractivity contribution < 1.29 is 9.90 Å². The van der Waals surface area contributed by atoms with Gasteiger partial charge in [-0.1, -0.05) is 12.1 Å². The van der Waals surface area contributed by atoms with Gasteiger partial charge < -0.3 is 5.11 Å². The highest BCUT2D eigenvalue weighted by Crippen LogP contribution is 2.20. The van der Waals surface area contributed by atoms with Crippen LogP contribution in [0.25, 0.3) is 11.3 Å². The van der Waals surface area contributed by atoms with Crippen molar-refractivity contribution in [2.24, 2.45) is 0 Å². The molecule has 1 aromatic carbocycles. The summed E-state index contributed by atoms with van der Waals surface area (Å²) in [5.74, 6) is -1.04. The largest absolute Gasteiger partial charge is 0.477 e. The van der Waals surface area contributed by atoms with Crippen LogP contribution in [0.2, 0.25) is 0 Å². The molecule has 0 aliphatic heterocycles. The van der Waals surface area contributed by atoms with Crippen LogP contribution in [0, 0.1) is 13.8 Å². The van der Waals surface area contributed by atoms with Crippen molar-refractivity contribution in [2.75, 3.05) is 0 Å². The Bertz CT molecular complexity index is 579. The van der Waals surface area contributed by atoms with Gasteiger partial charge in [0, 0.05) is 5.56 Å². The van der Waals surface area contributed by atoms with Crippen LogP contribution in [0.3, 0.4) is 0 Å². The van der Waals surface area contributed by atoms with Crippen LogP contribution in [-0.4, -0.2) is 21.0 Å². The topological polar surface area (TPSA) is 63.1 Å². The van der Waals surface area contributed by atoms with Crippen molar-refractivity contribution >= 4 is 5.97 Å². The summed E-state index contributed by atoms with van der Waals surface area (Å²) in [6.07, 6.45) is 1.27. The molecule has 0 atom stereocenters. The summed E-state index contributed by atoms with van der Waals surface area (Å²) in [7, 11) is 0. The van der Waals surface area contributed by atoms with Crippen molar-refractivity contribution in [2.45, 2.75) is 13.8 Å². The Morgan fingerprint density at radius 1 is 1.12 bits per heavy atom. The van der Waals surface area contributed by atoms with Gasteiger partial charge in [0.1, 0.15) is 6.33 Å². The molecule has 1 aromatic heterocycles. The number of hydrogen-bond acceptors (Lipinski definition) is 3. The third kappa shape index (κ3) is 2.30. The Balaban J connectivity index is 2.49. The van der Waals surface area contributed by atoms with Gasteiger partial charge >= 0.3 is 5.97 Å². The van der Waals surface area contributed by atoms with Crippen LogP contribution < -0.4 is 0 Å². The summed E-state index contributed by atoms with van der Waals surface area (Å²) in [5, 5.41) is 8.86. The van der Waals surface area contributed by atoms with E-state index in [-0.39, 0.29) is 5.69 Å². The predicted molar refractivity (Wildman–Crippen MR) is 63.9 cm³/mol. The van der Waals surface area contributed by atoms with Gasteiger partial charge in [0.25, 0.3) is 0 Å². The fourth-order valence-corrected chi connectivity index (χ4v) is 1.53. The molecule has 0 fully saturated rings. The molecule has 0 aliphatic rings. The standard InChI is InChI=1S/C13H12N2O2/c1-8-3-4-10(5-9(8)2)11-6-12(13(16)17)15-7-14-11/h3-7H,1-2H3,(H,16,17). The lowest BCUT2D eigenvalue weighted by atomic mass is 10.0. The van der Waals surface area contributed by atoms with Gasteiger partial charge in [0.2, 0.25) is 0 Å². The Morgan fingerprint density at radius 3 is 2.53 bits per heavy atom. The number of rotatable bonds is 2. The van der Waals surface area contributed by atoms with E-state index in [4.69, 9.17) is 5.11 Å². The molecule has 0 radical (unpaired) electrons. The quantitative estimate of drug-likeness (QED) is 0.857. The summed E-state index contributed by atoms with van der Waals surface area (Å²) in [6.45, 7) is 4.04. The van der Waals surface area contributed by atoms with Crippen LogP contribution in [0.15, 0.2) is 30.6 Å².